The molecule has 11 heteroatoms. The Morgan fingerprint density at radius 2 is 1.82 bits per heavy atom. The van der Waals surface area contributed by atoms with Crippen LogP contribution in [0.2, 0.25) is 5.02 Å². The molecule has 1 fully saturated rings. The summed E-state index contributed by atoms with van der Waals surface area (Å²) in [5.74, 6) is -2.37. The van der Waals surface area contributed by atoms with Crippen molar-refractivity contribution < 1.29 is 14.5 Å². The molecule has 0 spiro atoms. The summed E-state index contributed by atoms with van der Waals surface area (Å²) in [6, 6.07) is 11.9. The number of nitro groups is 1. The number of hydrogen-bond acceptors (Lipinski definition) is 7. The van der Waals surface area contributed by atoms with Crippen LogP contribution >= 0.6 is 23.8 Å². The normalized spacial score (nSPS) is 17.0. The first-order valence-corrected chi connectivity index (χ1v) is 8.63. The average Bonchev–Trinajstić information content (AvgIpc) is 2.66. The molecule has 0 aromatic heterocycles. The Balaban J connectivity index is 1.74. The molecule has 0 radical (unpaired) electrons. The Morgan fingerprint density at radius 1 is 1.18 bits per heavy atom. The number of nitro benzene ring substituents is 1. The van der Waals surface area contributed by atoms with Crippen LogP contribution in [-0.4, -0.2) is 28.1 Å². The van der Waals surface area contributed by atoms with Crippen molar-refractivity contribution in [1.29, 1.82) is 0 Å². The predicted molar refractivity (Wildman–Crippen MR) is 108 cm³/mol. The number of hydrazone groups is 1. The number of nitrogens with zero attached hydrogens (tertiary/aromatic N) is 3. The summed E-state index contributed by atoms with van der Waals surface area (Å²) in [6.07, 6.45) is 1.14. The number of halogens is 1. The van der Waals surface area contributed by atoms with E-state index in [1.54, 1.807) is 24.3 Å². The van der Waals surface area contributed by atoms with E-state index in [0.717, 1.165) is 6.21 Å². The fourth-order valence-electron chi connectivity index (χ4n) is 2.40. The zero-order valence-corrected chi connectivity index (χ0v) is 15.6. The SMILES string of the molecule is O=C1NC(=S)N(c2ccc(Cl)cc2)C(=O)[C@H]1/C=N\Nc1ccc([N+](=O)[O-])cc1. The molecule has 142 valence electrons. The summed E-state index contributed by atoms with van der Waals surface area (Å²) in [5, 5.41) is 17.5. The molecule has 0 bridgehead atoms. The number of rotatable bonds is 5. The Morgan fingerprint density at radius 3 is 2.43 bits per heavy atom. The van der Waals surface area contributed by atoms with Gasteiger partial charge >= 0.3 is 0 Å². The molecule has 2 N–H and O–H groups in total. The van der Waals surface area contributed by atoms with E-state index in [2.05, 4.69) is 15.8 Å². The van der Waals surface area contributed by atoms with Gasteiger partial charge in [-0.2, -0.15) is 5.10 Å². The van der Waals surface area contributed by atoms with Gasteiger partial charge in [0, 0.05) is 23.4 Å². The molecule has 0 aliphatic carbocycles. The molecule has 1 saturated heterocycles. The van der Waals surface area contributed by atoms with Crippen molar-refractivity contribution in [2.24, 2.45) is 11.0 Å². The first kappa shape index (κ1) is 19.4. The molecule has 2 aromatic carbocycles. The smallest absolute Gasteiger partial charge is 0.269 e. The summed E-state index contributed by atoms with van der Waals surface area (Å²) >= 11 is 11.0. The fourth-order valence-corrected chi connectivity index (χ4v) is 2.82. The molecule has 2 aromatic rings. The largest absolute Gasteiger partial charge is 0.301 e. The summed E-state index contributed by atoms with van der Waals surface area (Å²) in [4.78, 5) is 36.2. The molecule has 0 unspecified atom stereocenters. The van der Waals surface area contributed by atoms with E-state index >= 15 is 0 Å². The third-order valence-electron chi connectivity index (χ3n) is 3.78. The van der Waals surface area contributed by atoms with Gasteiger partial charge in [0.25, 0.3) is 11.6 Å². The van der Waals surface area contributed by atoms with E-state index in [1.807, 2.05) is 0 Å². The Hall–Kier alpha value is -3.37. The van der Waals surface area contributed by atoms with Gasteiger partial charge in [-0.1, -0.05) is 11.6 Å². The van der Waals surface area contributed by atoms with Gasteiger partial charge in [0.2, 0.25) is 5.91 Å². The van der Waals surface area contributed by atoms with E-state index < -0.39 is 22.7 Å². The average molecular weight is 418 g/mol. The minimum Gasteiger partial charge on any atom is -0.301 e. The standard InChI is InChI=1S/C17H12ClN5O4S/c18-10-1-5-12(6-2-10)22-16(25)14(15(24)20-17(22)28)9-19-21-11-3-7-13(8-4-11)23(26)27/h1-9,14,21H,(H,20,24,28)/b19-9-/t14-/m0/s1. The van der Waals surface area contributed by atoms with Crippen LogP contribution in [0, 0.1) is 16.0 Å². The highest BCUT2D eigenvalue weighted by atomic mass is 35.5. The lowest BCUT2D eigenvalue weighted by molar-refractivity contribution is -0.384. The number of nitrogens with one attached hydrogen (secondary N) is 2. The second-order valence-corrected chi connectivity index (χ2v) is 6.44. The van der Waals surface area contributed by atoms with Crippen LogP contribution in [-0.2, 0) is 9.59 Å². The third-order valence-corrected chi connectivity index (χ3v) is 4.32. The van der Waals surface area contributed by atoms with Crippen molar-refractivity contribution in [3.05, 3.63) is 63.7 Å². The number of hydrogen-bond donors (Lipinski definition) is 2. The summed E-state index contributed by atoms with van der Waals surface area (Å²) in [6.45, 7) is 0. The molecule has 1 aliphatic rings. The van der Waals surface area contributed by atoms with Gasteiger partial charge in [-0.3, -0.25) is 30.0 Å². The maximum absolute atomic E-state index is 12.7. The molecular formula is C17H12ClN5O4S. The minimum atomic E-state index is -1.20. The van der Waals surface area contributed by atoms with Crippen molar-refractivity contribution >= 4 is 64.0 Å². The summed E-state index contributed by atoms with van der Waals surface area (Å²) in [5.41, 5.74) is 3.47. The van der Waals surface area contributed by atoms with E-state index in [-0.39, 0.29) is 10.8 Å². The molecule has 3 rings (SSSR count). The highest BCUT2D eigenvalue weighted by Crippen LogP contribution is 2.22. The number of amides is 2. The van der Waals surface area contributed by atoms with Crippen LogP contribution in [0.5, 0.6) is 0 Å². The van der Waals surface area contributed by atoms with Crippen LogP contribution in [0.1, 0.15) is 0 Å². The lowest BCUT2D eigenvalue weighted by Gasteiger charge is -2.30. The quantitative estimate of drug-likeness (QED) is 0.254. The zero-order chi connectivity index (χ0) is 20.3. The molecule has 1 aliphatic heterocycles. The third kappa shape index (κ3) is 4.13. The van der Waals surface area contributed by atoms with Crippen LogP contribution in [0.25, 0.3) is 0 Å². The van der Waals surface area contributed by atoms with E-state index in [4.69, 9.17) is 23.8 Å². The van der Waals surface area contributed by atoms with E-state index in [1.165, 1.54) is 29.2 Å². The van der Waals surface area contributed by atoms with Gasteiger partial charge in [-0.15, -0.1) is 0 Å². The second kappa shape index (κ2) is 8.11. The number of carbonyl (C=O) groups excluding carboxylic acids is 2. The molecule has 28 heavy (non-hydrogen) atoms. The highest BCUT2D eigenvalue weighted by molar-refractivity contribution is 7.80. The number of thiocarbonyl (C=S) groups is 1. The van der Waals surface area contributed by atoms with Crippen LogP contribution in [0.4, 0.5) is 17.1 Å². The predicted octanol–water partition coefficient (Wildman–Crippen LogP) is 2.71. The van der Waals surface area contributed by atoms with Crippen LogP contribution < -0.4 is 15.6 Å². The van der Waals surface area contributed by atoms with Crippen LogP contribution in [0.15, 0.2) is 53.6 Å². The number of anilines is 2. The maximum atomic E-state index is 12.7. The summed E-state index contributed by atoms with van der Waals surface area (Å²) in [7, 11) is 0. The summed E-state index contributed by atoms with van der Waals surface area (Å²) < 4.78 is 0. The zero-order valence-electron chi connectivity index (χ0n) is 14.0. The lowest BCUT2D eigenvalue weighted by Crippen LogP contribution is -2.58. The lowest BCUT2D eigenvalue weighted by atomic mass is 10.1. The van der Waals surface area contributed by atoms with Crippen molar-refractivity contribution in [2.45, 2.75) is 0 Å². The van der Waals surface area contributed by atoms with E-state index in [9.17, 15) is 19.7 Å². The molecule has 0 saturated carbocycles. The van der Waals surface area contributed by atoms with Gasteiger partial charge in [-0.05, 0) is 48.6 Å². The van der Waals surface area contributed by atoms with Crippen molar-refractivity contribution in [2.75, 3.05) is 10.3 Å². The monoisotopic (exact) mass is 417 g/mol. The number of benzene rings is 2. The van der Waals surface area contributed by atoms with Crippen molar-refractivity contribution in [3.63, 3.8) is 0 Å². The van der Waals surface area contributed by atoms with Gasteiger partial charge in [0.1, 0.15) is 0 Å². The number of non-ortho nitro benzene ring substituents is 1. The molecular weight excluding hydrogens is 406 g/mol. The fraction of sp³-hybridized carbons (Fsp3) is 0.0588. The Kier molecular flexibility index (Phi) is 5.62. The first-order valence-electron chi connectivity index (χ1n) is 7.85. The van der Waals surface area contributed by atoms with Gasteiger partial charge in [0.15, 0.2) is 11.0 Å². The molecule has 1 heterocycles. The van der Waals surface area contributed by atoms with Crippen molar-refractivity contribution in [3.8, 4) is 0 Å². The number of carbonyl (C=O) groups is 2. The molecule has 9 nitrogen and oxygen atoms in total. The molecule has 1 atom stereocenters. The van der Waals surface area contributed by atoms with E-state index in [0.29, 0.717) is 16.4 Å². The topological polar surface area (TPSA) is 117 Å². The Bertz CT molecular complexity index is 978. The first-order chi connectivity index (χ1) is 13.4. The Labute approximate surface area is 169 Å². The van der Waals surface area contributed by atoms with Gasteiger partial charge in [0.05, 0.1) is 16.3 Å². The van der Waals surface area contributed by atoms with Crippen LogP contribution in [0.3, 0.4) is 0 Å². The van der Waals surface area contributed by atoms with Crippen molar-refractivity contribution in [1.82, 2.24) is 5.32 Å². The van der Waals surface area contributed by atoms with Gasteiger partial charge in [-0.25, -0.2) is 0 Å². The minimum absolute atomic E-state index is 0.0368. The molecule has 2 amide bonds. The maximum Gasteiger partial charge on any atom is 0.269 e. The second-order valence-electron chi connectivity index (χ2n) is 5.62. The van der Waals surface area contributed by atoms with Gasteiger partial charge < -0.3 is 5.32 Å². The highest BCUT2D eigenvalue weighted by Gasteiger charge is 2.38.